The van der Waals surface area contributed by atoms with Gasteiger partial charge in [0, 0.05) is 17.5 Å². The van der Waals surface area contributed by atoms with Crippen molar-refractivity contribution in [2.24, 2.45) is 0 Å². The summed E-state index contributed by atoms with van der Waals surface area (Å²) in [6.07, 6.45) is -0.903. The van der Waals surface area contributed by atoms with Crippen molar-refractivity contribution in [1.29, 1.82) is 0 Å². The number of aliphatic hydroxyl groups is 1. The van der Waals surface area contributed by atoms with Crippen LogP contribution in [0.15, 0.2) is 52.9 Å². The minimum Gasteiger partial charge on any atom is -0.459 e. The van der Waals surface area contributed by atoms with Crippen molar-refractivity contribution < 1.29 is 18.7 Å². The van der Waals surface area contributed by atoms with E-state index in [2.05, 4.69) is 10.6 Å². The summed E-state index contributed by atoms with van der Waals surface area (Å²) in [4.78, 5) is 11.9. The lowest BCUT2D eigenvalue weighted by molar-refractivity contribution is 0.173. The van der Waals surface area contributed by atoms with Gasteiger partial charge < -0.3 is 20.2 Å². The molecule has 130 valence electrons. The molecular formula is C19H19FN2O3. The predicted molar refractivity (Wildman–Crippen MR) is 92.5 cm³/mol. The Morgan fingerprint density at radius 3 is 2.60 bits per heavy atom. The maximum absolute atomic E-state index is 12.9. The van der Waals surface area contributed by atoms with Crippen molar-refractivity contribution in [3.8, 4) is 0 Å². The molecule has 0 saturated heterocycles. The lowest BCUT2D eigenvalue weighted by atomic mass is 10.1. The number of rotatable bonds is 5. The van der Waals surface area contributed by atoms with Gasteiger partial charge in [-0.3, -0.25) is 0 Å². The summed E-state index contributed by atoms with van der Waals surface area (Å²) < 4.78 is 18.6. The number of hydrogen-bond acceptors (Lipinski definition) is 3. The van der Waals surface area contributed by atoms with Gasteiger partial charge in [0.25, 0.3) is 0 Å². The molecular weight excluding hydrogens is 323 g/mol. The quantitative estimate of drug-likeness (QED) is 0.665. The van der Waals surface area contributed by atoms with Crippen LogP contribution in [0.5, 0.6) is 0 Å². The monoisotopic (exact) mass is 342 g/mol. The maximum atomic E-state index is 12.9. The van der Waals surface area contributed by atoms with Crippen LogP contribution in [0.25, 0.3) is 11.0 Å². The smallest absolute Gasteiger partial charge is 0.315 e. The first-order valence-electron chi connectivity index (χ1n) is 7.97. The predicted octanol–water partition coefficient (Wildman–Crippen LogP) is 3.41. The van der Waals surface area contributed by atoms with Crippen molar-refractivity contribution in [3.05, 3.63) is 71.2 Å². The molecule has 0 aliphatic carbocycles. The van der Waals surface area contributed by atoms with Crippen molar-refractivity contribution in [1.82, 2.24) is 10.6 Å². The number of carbonyl (C=O) groups is 1. The van der Waals surface area contributed by atoms with E-state index in [4.69, 9.17) is 4.42 Å². The number of para-hydroxylation sites is 1. The number of nitrogens with one attached hydrogen (secondary N) is 2. The lowest BCUT2D eigenvalue weighted by Gasteiger charge is -2.12. The summed E-state index contributed by atoms with van der Waals surface area (Å²) in [5.41, 5.74) is 2.31. The molecule has 0 radical (unpaired) electrons. The second kappa shape index (κ2) is 7.36. The molecule has 25 heavy (non-hydrogen) atoms. The van der Waals surface area contributed by atoms with E-state index in [9.17, 15) is 14.3 Å². The zero-order valence-electron chi connectivity index (χ0n) is 13.8. The molecule has 3 N–H and O–H groups in total. The van der Waals surface area contributed by atoms with Gasteiger partial charge in [-0.05, 0) is 30.7 Å². The Morgan fingerprint density at radius 2 is 1.88 bits per heavy atom. The number of aryl methyl sites for hydroxylation is 1. The molecule has 0 saturated carbocycles. The number of halogens is 1. The van der Waals surface area contributed by atoms with Crippen LogP contribution in [0, 0.1) is 12.7 Å². The van der Waals surface area contributed by atoms with Gasteiger partial charge in [-0.2, -0.15) is 0 Å². The van der Waals surface area contributed by atoms with Crippen molar-refractivity contribution >= 4 is 17.0 Å². The van der Waals surface area contributed by atoms with Gasteiger partial charge in [0.1, 0.15) is 17.2 Å². The summed E-state index contributed by atoms with van der Waals surface area (Å²) in [6, 6.07) is 12.8. The minimum absolute atomic E-state index is 0.0244. The summed E-state index contributed by atoms with van der Waals surface area (Å²) in [6.45, 7) is 2.22. The number of furan rings is 1. The Balaban J connectivity index is 1.52. The molecule has 2 aromatic carbocycles. The van der Waals surface area contributed by atoms with Gasteiger partial charge >= 0.3 is 6.03 Å². The standard InChI is InChI=1S/C19H19FN2O3/c1-12-15-4-2-3-5-17(15)25-18(12)11-22-19(24)21-10-16(23)13-6-8-14(20)9-7-13/h2-9,16,23H,10-11H2,1H3,(H2,21,22,24). The van der Waals surface area contributed by atoms with E-state index < -0.39 is 12.1 Å². The van der Waals surface area contributed by atoms with Crippen molar-refractivity contribution in [2.75, 3.05) is 6.54 Å². The Hall–Kier alpha value is -2.86. The van der Waals surface area contributed by atoms with Crippen LogP contribution in [0.1, 0.15) is 23.0 Å². The van der Waals surface area contributed by atoms with E-state index in [0.717, 1.165) is 16.5 Å². The molecule has 0 fully saturated rings. The molecule has 0 spiro atoms. The number of amides is 2. The summed E-state index contributed by atoms with van der Waals surface area (Å²) in [5.74, 6) is 0.318. The highest BCUT2D eigenvalue weighted by Gasteiger charge is 2.12. The van der Waals surface area contributed by atoms with Crippen LogP contribution in [0.2, 0.25) is 0 Å². The Kier molecular flexibility index (Phi) is 5.00. The highest BCUT2D eigenvalue weighted by molar-refractivity contribution is 5.82. The van der Waals surface area contributed by atoms with E-state index in [-0.39, 0.29) is 18.9 Å². The van der Waals surface area contributed by atoms with Crippen molar-refractivity contribution in [2.45, 2.75) is 19.6 Å². The number of carbonyl (C=O) groups excluding carboxylic acids is 1. The molecule has 1 aromatic heterocycles. The van der Waals surface area contributed by atoms with Gasteiger partial charge in [0.15, 0.2) is 0 Å². The van der Waals surface area contributed by atoms with Gasteiger partial charge in [-0.1, -0.05) is 30.3 Å². The second-order valence-corrected chi connectivity index (χ2v) is 5.78. The molecule has 0 bridgehead atoms. The lowest BCUT2D eigenvalue weighted by Crippen LogP contribution is -2.37. The van der Waals surface area contributed by atoms with Crippen LogP contribution < -0.4 is 10.6 Å². The number of urea groups is 1. The number of aliphatic hydroxyl groups excluding tert-OH is 1. The van der Waals surface area contributed by atoms with E-state index in [1.807, 2.05) is 31.2 Å². The summed E-state index contributed by atoms with van der Waals surface area (Å²) >= 11 is 0. The molecule has 6 heteroatoms. The second-order valence-electron chi connectivity index (χ2n) is 5.78. The Bertz CT molecular complexity index is 874. The summed E-state index contributed by atoms with van der Waals surface area (Å²) in [7, 11) is 0. The molecule has 5 nitrogen and oxygen atoms in total. The number of fused-ring (bicyclic) bond motifs is 1. The number of benzene rings is 2. The largest absolute Gasteiger partial charge is 0.459 e. The average molecular weight is 342 g/mol. The van der Waals surface area contributed by atoms with Crippen LogP contribution in [-0.2, 0) is 6.54 Å². The first kappa shape index (κ1) is 17.0. The molecule has 1 atom stereocenters. The molecule has 2 amide bonds. The first-order valence-corrected chi connectivity index (χ1v) is 7.97. The van der Waals surface area contributed by atoms with Crippen LogP contribution >= 0.6 is 0 Å². The average Bonchev–Trinajstić information content (AvgIpc) is 2.95. The SMILES string of the molecule is Cc1c(CNC(=O)NCC(O)c2ccc(F)cc2)oc2ccccc12. The fourth-order valence-electron chi connectivity index (χ4n) is 2.61. The van der Waals surface area contributed by atoms with E-state index in [0.29, 0.717) is 11.3 Å². The van der Waals surface area contributed by atoms with Gasteiger partial charge in [0.05, 0.1) is 12.6 Å². The molecule has 3 aromatic rings. The highest BCUT2D eigenvalue weighted by Crippen LogP contribution is 2.24. The van der Waals surface area contributed by atoms with E-state index >= 15 is 0 Å². The Morgan fingerprint density at radius 1 is 1.16 bits per heavy atom. The number of hydrogen-bond donors (Lipinski definition) is 3. The van der Waals surface area contributed by atoms with E-state index in [1.165, 1.54) is 24.3 Å². The van der Waals surface area contributed by atoms with Crippen LogP contribution in [0.3, 0.4) is 0 Å². The third-order valence-corrected chi connectivity index (χ3v) is 4.06. The third kappa shape index (κ3) is 3.97. The van der Waals surface area contributed by atoms with Crippen LogP contribution in [-0.4, -0.2) is 17.7 Å². The van der Waals surface area contributed by atoms with E-state index in [1.54, 1.807) is 0 Å². The van der Waals surface area contributed by atoms with Gasteiger partial charge in [-0.25, -0.2) is 9.18 Å². The van der Waals surface area contributed by atoms with Crippen molar-refractivity contribution in [3.63, 3.8) is 0 Å². The highest BCUT2D eigenvalue weighted by atomic mass is 19.1. The normalized spacial score (nSPS) is 12.1. The van der Waals surface area contributed by atoms with Gasteiger partial charge in [0.2, 0.25) is 0 Å². The molecule has 0 aliphatic heterocycles. The zero-order valence-corrected chi connectivity index (χ0v) is 13.8. The van der Waals surface area contributed by atoms with Gasteiger partial charge in [-0.15, -0.1) is 0 Å². The molecule has 3 rings (SSSR count). The molecule has 1 heterocycles. The third-order valence-electron chi connectivity index (χ3n) is 4.06. The van der Waals surface area contributed by atoms with Crippen LogP contribution in [0.4, 0.5) is 9.18 Å². The summed E-state index contributed by atoms with van der Waals surface area (Å²) in [5, 5.41) is 16.3. The Labute approximate surface area is 144 Å². The maximum Gasteiger partial charge on any atom is 0.315 e. The minimum atomic E-state index is -0.903. The fourth-order valence-corrected chi connectivity index (χ4v) is 2.61. The fraction of sp³-hybridized carbons (Fsp3) is 0.211. The molecule has 0 aliphatic rings. The molecule has 1 unspecified atom stereocenters. The first-order chi connectivity index (χ1) is 12.0. The topological polar surface area (TPSA) is 74.5 Å². The zero-order chi connectivity index (χ0) is 17.8.